The number of carbonyl (C=O) groups excluding carboxylic acids is 3. The molecule has 0 aliphatic carbocycles. The predicted molar refractivity (Wildman–Crippen MR) is 107 cm³/mol. The zero-order chi connectivity index (χ0) is 20.8. The van der Waals surface area contributed by atoms with Crippen LogP contribution in [0.25, 0.3) is 0 Å². The van der Waals surface area contributed by atoms with Crippen LogP contribution in [0.1, 0.15) is 23.6 Å². The highest BCUT2D eigenvalue weighted by atomic mass is 16.5. The highest BCUT2D eigenvalue weighted by Crippen LogP contribution is 2.21. The largest absolute Gasteiger partial charge is 0.463 e. The van der Waals surface area contributed by atoms with Crippen LogP contribution in [-0.4, -0.2) is 56.1 Å². The molecule has 2 rings (SSSR count). The molecule has 1 heterocycles. The summed E-state index contributed by atoms with van der Waals surface area (Å²) in [6.07, 6.45) is 0. The Balaban J connectivity index is 2.05. The Kier molecular flexibility index (Phi) is 7.17. The molecular formula is C20H28N4O4. The number of esters is 1. The fraction of sp³-hybridized carbons (Fsp3) is 0.450. The van der Waals surface area contributed by atoms with E-state index in [1.165, 1.54) is 0 Å². The van der Waals surface area contributed by atoms with Crippen molar-refractivity contribution in [3.63, 3.8) is 0 Å². The van der Waals surface area contributed by atoms with Crippen molar-refractivity contribution in [1.29, 1.82) is 0 Å². The van der Waals surface area contributed by atoms with Crippen LogP contribution in [0.4, 0.5) is 10.5 Å². The molecule has 28 heavy (non-hydrogen) atoms. The first-order valence-corrected chi connectivity index (χ1v) is 9.21. The fourth-order valence-corrected chi connectivity index (χ4v) is 3.21. The average molecular weight is 388 g/mol. The Morgan fingerprint density at radius 3 is 2.46 bits per heavy atom. The Bertz CT molecular complexity index is 793. The zero-order valence-corrected chi connectivity index (χ0v) is 17.1. The van der Waals surface area contributed by atoms with Crippen LogP contribution in [0.5, 0.6) is 0 Å². The van der Waals surface area contributed by atoms with Crippen molar-refractivity contribution < 1.29 is 19.1 Å². The Morgan fingerprint density at radius 1 is 1.21 bits per heavy atom. The van der Waals surface area contributed by atoms with Crippen molar-refractivity contribution in [2.75, 3.05) is 38.6 Å². The van der Waals surface area contributed by atoms with Crippen LogP contribution >= 0.6 is 0 Å². The number of nitrogens with one attached hydrogen (secondary N) is 3. The Labute approximate surface area is 165 Å². The van der Waals surface area contributed by atoms with Gasteiger partial charge in [0.15, 0.2) is 0 Å². The van der Waals surface area contributed by atoms with Crippen molar-refractivity contribution in [1.82, 2.24) is 15.5 Å². The molecule has 152 valence electrons. The number of carbonyl (C=O) groups is 3. The van der Waals surface area contributed by atoms with Crippen LogP contribution in [0, 0.1) is 20.8 Å². The van der Waals surface area contributed by atoms with E-state index in [4.69, 9.17) is 4.74 Å². The van der Waals surface area contributed by atoms with Crippen LogP contribution < -0.4 is 16.0 Å². The molecule has 0 aromatic heterocycles. The van der Waals surface area contributed by atoms with E-state index >= 15 is 0 Å². The highest BCUT2D eigenvalue weighted by Gasteiger charge is 2.24. The molecule has 8 heteroatoms. The Hall–Kier alpha value is -2.87. The van der Waals surface area contributed by atoms with E-state index in [0.29, 0.717) is 11.3 Å². The van der Waals surface area contributed by atoms with Crippen molar-refractivity contribution in [2.45, 2.75) is 27.7 Å². The molecule has 8 nitrogen and oxygen atoms in total. The molecule has 3 N–H and O–H groups in total. The number of amides is 3. The van der Waals surface area contributed by atoms with Gasteiger partial charge in [-0.05, 0) is 45.9 Å². The standard InChI is InChI=1S/C20H28N4O4/c1-6-28-19(26)15-9-21-20(27)22-16(15)10-24(5)11-17(25)23-18-13(3)7-12(2)8-14(18)4/h7-8H,6,9-11H2,1-5H3,(H,23,25)(H2,21,22,27). The number of ether oxygens (including phenoxy) is 1. The third-order valence-corrected chi connectivity index (χ3v) is 4.36. The second-order valence-corrected chi connectivity index (χ2v) is 6.98. The molecule has 1 aliphatic rings. The van der Waals surface area contributed by atoms with Crippen LogP contribution in [-0.2, 0) is 14.3 Å². The van der Waals surface area contributed by atoms with Gasteiger partial charge in [0.05, 0.1) is 25.3 Å². The highest BCUT2D eigenvalue weighted by molar-refractivity contribution is 5.95. The number of anilines is 1. The van der Waals surface area contributed by atoms with E-state index in [-0.39, 0.29) is 38.2 Å². The topological polar surface area (TPSA) is 99.8 Å². The summed E-state index contributed by atoms with van der Waals surface area (Å²) in [6, 6.07) is 3.66. The molecule has 1 aliphatic heterocycles. The number of aryl methyl sites for hydroxylation is 3. The molecule has 1 aromatic carbocycles. The predicted octanol–water partition coefficient (Wildman–Crippen LogP) is 1.61. The van der Waals surface area contributed by atoms with Crippen molar-refractivity contribution in [2.24, 2.45) is 0 Å². The molecule has 0 spiro atoms. The summed E-state index contributed by atoms with van der Waals surface area (Å²) >= 11 is 0. The van der Waals surface area contributed by atoms with Gasteiger partial charge in [-0.2, -0.15) is 0 Å². The number of rotatable bonds is 7. The minimum absolute atomic E-state index is 0.0990. The number of hydrogen-bond acceptors (Lipinski definition) is 5. The number of benzene rings is 1. The molecule has 0 bridgehead atoms. The molecule has 0 atom stereocenters. The van der Waals surface area contributed by atoms with Gasteiger partial charge in [0.25, 0.3) is 0 Å². The van der Waals surface area contributed by atoms with Crippen molar-refractivity contribution in [3.8, 4) is 0 Å². The number of hydrogen-bond donors (Lipinski definition) is 3. The Morgan fingerprint density at radius 2 is 1.86 bits per heavy atom. The van der Waals surface area contributed by atoms with E-state index in [0.717, 1.165) is 22.4 Å². The van der Waals surface area contributed by atoms with Gasteiger partial charge in [0.2, 0.25) is 5.91 Å². The quantitative estimate of drug-likeness (QED) is 0.617. The van der Waals surface area contributed by atoms with E-state index in [9.17, 15) is 14.4 Å². The first kappa shape index (κ1) is 21.4. The van der Waals surface area contributed by atoms with Gasteiger partial charge in [0, 0.05) is 17.9 Å². The minimum Gasteiger partial charge on any atom is -0.463 e. The first-order valence-electron chi connectivity index (χ1n) is 9.21. The lowest BCUT2D eigenvalue weighted by Gasteiger charge is -2.25. The second kappa shape index (κ2) is 9.36. The summed E-state index contributed by atoms with van der Waals surface area (Å²) in [5.41, 5.74) is 4.77. The van der Waals surface area contributed by atoms with Gasteiger partial charge in [0.1, 0.15) is 0 Å². The molecule has 0 fully saturated rings. The monoisotopic (exact) mass is 388 g/mol. The van der Waals surface area contributed by atoms with Gasteiger partial charge in [-0.15, -0.1) is 0 Å². The first-order chi connectivity index (χ1) is 13.2. The van der Waals surface area contributed by atoms with Gasteiger partial charge in [-0.3, -0.25) is 9.69 Å². The lowest BCUT2D eigenvalue weighted by molar-refractivity contribution is -0.138. The van der Waals surface area contributed by atoms with E-state index < -0.39 is 5.97 Å². The maximum absolute atomic E-state index is 12.5. The van der Waals surface area contributed by atoms with Crippen LogP contribution in [0.3, 0.4) is 0 Å². The van der Waals surface area contributed by atoms with Gasteiger partial charge < -0.3 is 20.7 Å². The van der Waals surface area contributed by atoms with Gasteiger partial charge in [-0.1, -0.05) is 17.7 Å². The van der Waals surface area contributed by atoms with Crippen LogP contribution in [0.2, 0.25) is 0 Å². The van der Waals surface area contributed by atoms with E-state index in [1.807, 2.05) is 32.9 Å². The average Bonchev–Trinajstić information content (AvgIpc) is 2.58. The lowest BCUT2D eigenvalue weighted by atomic mass is 10.1. The molecule has 1 aromatic rings. The van der Waals surface area contributed by atoms with E-state index in [2.05, 4.69) is 16.0 Å². The number of likely N-dealkylation sites (N-methyl/N-ethyl adjacent to an activating group) is 1. The SMILES string of the molecule is CCOC(=O)C1=C(CN(C)CC(=O)Nc2c(C)cc(C)cc2C)NC(=O)NC1. The maximum Gasteiger partial charge on any atom is 0.337 e. The third kappa shape index (κ3) is 5.56. The van der Waals surface area contributed by atoms with Gasteiger partial charge >= 0.3 is 12.0 Å². The normalized spacial score (nSPS) is 13.9. The van der Waals surface area contributed by atoms with E-state index in [1.54, 1.807) is 18.9 Å². The second-order valence-electron chi connectivity index (χ2n) is 6.98. The molecule has 3 amide bonds. The molecular weight excluding hydrogens is 360 g/mol. The smallest absolute Gasteiger partial charge is 0.337 e. The number of nitrogens with zero attached hydrogens (tertiary/aromatic N) is 1. The summed E-state index contributed by atoms with van der Waals surface area (Å²) < 4.78 is 5.04. The molecule has 0 saturated heterocycles. The van der Waals surface area contributed by atoms with Gasteiger partial charge in [-0.25, -0.2) is 9.59 Å². The van der Waals surface area contributed by atoms with Crippen LogP contribution in [0.15, 0.2) is 23.4 Å². The summed E-state index contributed by atoms with van der Waals surface area (Å²) in [6.45, 7) is 8.34. The molecule has 0 saturated carbocycles. The number of urea groups is 1. The summed E-state index contributed by atoms with van der Waals surface area (Å²) in [4.78, 5) is 37.9. The van der Waals surface area contributed by atoms with Crippen molar-refractivity contribution in [3.05, 3.63) is 40.1 Å². The third-order valence-electron chi connectivity index (χ3n) is 4.36. The minimum atomic E-state index is -0.478. The fourth-order valence-electron chi connectivity index (χ4n) is 3.21. The zero-order valence-electron chi connectivity index (χ0n) is 17.1. The van der Waals surface area contributed by atoms with Crippen molar-refractivity contribution >= 4 is 23.6 Å². The lowest BCUT2D eigenvalue weighted by Crippen LogP contribution is -2.47. The summed E-state index contributed by atoms with van der Waals surface area (Å²) in [5.74, 6) is -0.648. The molecule has 0 unspecified atom stereocenters. The molecule has 0 radical (unpaired) electrons. The maximum atomic E-state index is 12.5. The summed E-state index contributed by atoms with van der Waals surface area (Å²) in [7, 11) is 1.75. The summed E-state index contributed by atoms with van der Waals surface area (Å²) in [5, 5.41) is 8.15.